The Labute approximate surface area is 143 Å². The van der Waals surface area contributed by atoms with Crippen LogP contribution in [0.15, 0.2) is 36.5 Å². The van der Waals surface area contributed by atoms with Gasteiger partial charge in [-0.05, 0) is 24.9 Å². The number of rotatable bonds is 6. The lowest BCUT2D eigenvalue weighted by atomic mass is 10.0. The quantitative estimate of drug-likeness (QED) is 0.838. The van der Waals surface area contributed by atoms with Crippen molar-refractivity contribution < 1.29 is 8.42 Å². The molecule has 1 aliphatic heterocycles. The highest BCUT2D eigenvalue weighted by molar-refractivity contribution is 7.88. The predicted octanol–water partition coefficient (Wildman–Crippen LogP) is 2.15. The molecule has 0 saturated carbocycles. The van der Waals surface area contributed by atoms with E-state index in [0.29, 0.717) is 13.1 Å². The second-order valence-electron chi connectivity index (χ2n) is 6.26. The maximum atomic E-state index is 11.2. The van der Waals surface area contributed by atoms with Gasteiger partial charge in [0, 0.05) is 13.1 Å². The highest BCUT2D eigenvalue weighted by Crippen LogP contribution is 2.30. The van der Waals surface area contributed by atoms with Crippen molar-refractivity contribution in [2.45, 2.75) is 25.3 Å². The third-order valence-electron chi connectivity index (χ3n) is 4.37. The van der Waals surface area contributed by atoms with Crippen molar-refractivity contribution in [3.8, 4) is 11.3 Å². The first-order valence-corrected chi connectivity index (χ1v) is 10.2. The summed E-state index contributed by atoms with van der Waals surface area (Å²) in [6, 6.07) is 10.4. The van der Waals surface area contributed by atoms with Crippen molar-refractivity contribution in [1.29, 1.82) is 0 Å². The molecule has 0 bridgehead atoms. The molecule has 2 aromatic rings. The molecule has 2 heterocycles. The van der Waals surface area contributed by atoms with Gasteiger partial charge in [0.1, 0.15) is 5.82 Å². The van der Waals surface area contributed by atoms with Crippen molar-refractivity contribution >= 4 is 10.0 Å². The van der Waals surface area contributed by atoms with Crippen LogP contribution in [0.1, 0.15) is 31.1 Å². The van der Waals surface area contributed by atoms with Crippen molar-refractivity contribution in [3.05, 3.63) is 42.4 Å². The average molecular weight is 348 g/mol. The van der Waals surface area contributed by atoms with Gasteiger partial charge in [-0.15, -0.1) is 0 Å². The molecule has 2 N–H and O–H groups in total. The number of aromatic amines is 1. The van der Waals surface area contributed by atoms with Crippen molar-refractivity contribution in [1.82, 2.24) is 19.6 Å². The van der Waals surface area contributed by atoms with E-state index in [4.69, 9.17) is 0 Å². The van der Waals surface area contributed by atoms with Gasteiger partial charge in [-0.25, -0.2) is 18.1 Å². The molecule has 24 heavy (non-hydrogen) atoms. The molecule has 1 aliphatic rings. The van der Waals surface area contributed by atoms with E-state index in [-0.39, 0.29) is 6.04 Å². The number of piperidine rings is 1. The molecule has 1 aromatic heterocycles. The van der Waals surface area contributed by atoms with Crippen molar-refractivity contribution in [2.24, 2.45) is 0 Å². The predicted molar refractivity (Wildman–Crippen MR) is 95.0 cm³/mol. The minimum absolute atomic E-state index is 0.220. The molecule has 0 radical (unpaired) electrons. The first kappa shape index (κ1) is 17.1. The van der Waals surface area contributed by atoms with Crippen LogP contribution in [0, 0.1) is 0 Å². The number of benzene rings is 1. The van der Waals surface area contributed by atoms with Crippen LogP contribution in [0.4, 0.5) is 0 Å². The van der Waals surface area contributed by atoms with Gasteiger partial charge in [0.2, 0.25) is 10.0 Å². The molecule has 1 aromatic carbocycles. The average Bonchev–Trinajstić information content (AvgIpc) is 3.05. The fraction of sp³-hybridized carbons (Fsp3) is 0.471. The maximum absolute atomic E-state index is 11.2. The minimum atomic E-state index is -3.14. The molecule has 0 spiro atoms. The van der Waals surface area contributed by atoms with Gasteiger partial charge in [-0.2, -0.15) is 0 Å². The molecule has 7 heteroatoms. The monoisotopic (exact) mass is 348 g/mol. The largest absolute Gasteiger partial charge is 0.341 e. The fourth-order valence-corrected chi connectivity index (χ4v) is 3.68. The number of likely N-dealkylation sites (tertiary alicyclic amines) is 1. The summed E-state index contributed by atoms with van der Waals surface area (Å²) in [6.45, 7) is 2.10. The Kier molecular flexibility index (Phi) is 5.33. The summed E-state index contributed by atoms with van der Waals surface area (Å²) < 4.78 is 25.0. The van der Waals surface area contributed by atoms with Crippen LogP contribution in [-0.4, -0.2) is 49.2 Å². The number of hydrogen-bond acceptors (Lipinski definition) is 4. The van der Waals surface area contributed by atoms with E-state index in [0.717, 1.165) is 36.5 Å². The minimum Gasteiger partial charge on any atom is -0.341 e. The van der Waals surface area contributed by atoms with Crippen LogP contribution in [0.5, 0.6) is 0 Å². The second kappa shape index (κ2) is 7.46. The Morgan fingerprint density at radius 3 is 2.83 bits per heavy atom. The van der Waals surface area contributed by atoms with Gasteiger partial charge in [0.25, 0.3) is 0 Å². The lowest BCUT2D eigenvalue weighted by Crippen LogP contribution is -2.39. The van der Waals surface area contributed by atoms with Crippen LogP contribution >= 0.6 is 0 Å². The number of hydrogen-bond donors (Lipinski definition) is 2. The van der Waals surface area contributed by atoms with E-state index >= 15 is 0 Å². The first-order chi connectivity index (χ1) is 11.5. The van der Waals surface area contributed by atoms with Crippen LogP contribution in [-0.2, 0) is 10.0 Å². The summed E-state index contributed by atoms with van der Waals surface area (Å²) in [7, 11) is -3.14. The smallest absolute Gasteiger partial charge is 0.208 e. The maximum Gasteiger partial charge on any atom is 0.208 e. The fourth-order valence-electron chi connectivity index (χ4n) is 3.21. The van der Waals surface area contributed by atoms with Crippen LogP contribution in [0.3, 0.4) is 0 Å². The summed E-state index contributed by atoms with van der Waals surface area (Å²) in [5.41, 5.74) is 2.14. The third kappa shape index (κ3) is 4.43. The number of sulfonamides is 1. The summed E-state index contributed by atoms with van der Waals surface area (Å²) in [4.78, 5) is 10.3. The van der Waals surface area contributed by atoms with Crippen molar-refractivity contribution in [2.75, 3.05) is 25.9 Å². The molecular weight excluding hydrogens is 324 g/mol. The topological polar surface area (TPSA) is 78.1 Å². The molecule has 0 amide bonds. The van der Waals surface area contributed by atoms with Gasteiger partial charge < -0.3 is 4.98 Å². The zero-order valence-corrected chi connectivity index (χ0v) is 14.7. The Morgan fingerprint density at radius 1 is 1.29 bits per heavy atom. The van der Waals surface area contributed by atoms with E-state index in [1.54, 1.807) is 0 Å². The molecule has 3 rings (SSSR count). The molecule has 1 atom stereocenters. The standard InChI is InChI=1S/C17H24N4O2S/c1-24(22,23)19-10-12-21-11-6-5-9-16(21)17-18-13-15(20-17)14-7-3-2-4-8-14/h2-4,7-8,13,16,19H,5-6,9-12H2,1H3,(H,18,20). The Hall–Kier alpha value is -1.70. The SMILES string of the molecule is CS(=O)(=O)NCCN1CCCCC1c1ncc(-c2ccccc2)[nH]1. The Balaban J connectivity index is 1.70. The van der Waals surface area contributed by atoms with Gasteiger partial charge >= 0.3 is 0 Å². The number of H-pyrrole nitrogens is 1. The molecule has 1 fully saturated rings. The lowest BCUT2D eigenvalue weighted by Gasteiger charge is -2.34. The van der Waals surface area contributed by atoms with E-state index in [1.165, 1.54) is 12.7 Å². The van der Waals surface area contributed by atoms with E-state index in [1.807, 2.05) is 24.4 Å². The number of nitrogens with one attached hydrogen (secondary N) is 2. The van der Waals surface area contributed by atoms with E-state index in [9.17, 15) is 8.42 Å². The van der Waals surface area contributed by atoms with E-state index < -0.39 is 10.0 Å². The van der Waals surface area contributed by atoms with Gasteiger partial charge in [0.15, 0.2) is 0 Å². The molecule has 0 aliphatic carbocycles. The van der Waals surface area contributed by atoms with Gasteiger partial charge in [0.05, 0.1) is 24.2 Å². The third-order valence-corrected chi connectivity index (χ3v) is 5.10. The van der Waals surface area contributed by atoms with Crippen LogP contribution in [0.25, 0.3) is 11.3 Å². The van der Waals surface area contributed by atoms with Crippen LogP contribution < -0.4 is 4.72 Å². The first-order valence-electron chi connectivity index (χ1n) is 8.32. The van der Waals surface area contributed by atoms with E-state index in [2.05, 4.69) is 31.7 Å². The van der Waals surface area contributed by atoms with Crippen LogP contribution in [0.2, 0.25) is 0 Å². The number of nitrogens with zero attached hydrogens (tertiary/aromatic N) is 2. The summed E-state index contributed by atoms with van der Waals surface area (Å²) in [6.07, 6.45) is 6.43. The van der Waals surface area contributed by atoms with Gasteiger partial charge in [-0.3, -0.25) is 4.90 Å². The zero-order valence-electron chi connectivity index (χ0n) is 13.9. The molecule has 6 nitrogen and oxygen atoms in total. The summed E-state index contributed by atoms with van der Waals surface area (Å²) in [5, 5.41) is 0. The highest BCUT2D eigenvalue weighted by Gasteiger charge is 2.26. The molecule has 1 saturated heterocycles. The zero-order chi connectivity index (χ0) is 17.0. The second-order valence-corrected chi connectivity index (χ2v) is 8.10. The lowest BCUT2D eigenvalue weighted by molar-refractivity contribution is 0.146. The Morgan fingerprint density at radius 2 is 2.08 bits per heavy atom. The molecule has 1 unspecified atom stereocenters. The number of imidazole rings is 1. The normalized spacial score (nSPS) is 19.5. The Bertz CT molecular complexity index is 758. The summed E-state index contributed by atoms with van der Waals surface area (Å²) in [5.74, 6) is 0.966. The van der Waals surface area contributed by atoms with Gasteiger partial charge in [-0.1, -0.05) is 36.8 Å². The molecule has 130 valence electrons. The number of aromatic nitrogens is 2. The summed E-state index contributed by atoms with van der Waals surface area (Å²) >= 11 is 0. The van der Waals surface area contributed by atoms with Crippen molar-refractivity contribution in [3.63, 3.8) is 0 Å². The molecular formula is C17H24N4O2S. The highest BCUT2D eigenvalue weighted by atomic mass is 32.2.